The minimum absolute atomic E-state index is 0.0844. The van der Waals surface area contributed by atoms with Crippen molar-refractivity contribution in [3.05, 3.63) is 0 Å². The van der Waals surface area contributed by atoms with Crippen LogP contribution in [0.2, 0.25) is 0 Å². The van der Waals surface area contributed by atoms with Gasteiger partial charge in [-0.3, -0.25) is 0 Å². The van der Waals surface area contributed by atoms with Crippen LogP contribution in [0, 0.1) is 35.5 Å². The fourth-order valence-corrected chi connectivity index (χ4v) is 0.946. The van der Waals surface area contributed by atoms with Gasteiger partial charge in [-0.15, -0.1) is 5.92 Å². The molecule has 0 aliphatic rings. The topological polar surface area (TPSA) is 20.2 Å². The molecule has 0 aliphatic heterocycles. The maximum Gasteiger partial charge on any atom is 0.104 e. The summed E-state index contributed by atoms with van der Waals surface area (Å²) in [6, 6.07) is 0. The lowest BCUT2D eigenvalue weighted by Crippen LogP contribution is -1.71. The zero-order chi connectivity index (χ0) is 11.2. The maximum absolute atomic E-state index is 8.37. The third kappa shape index (κ3) is 12.6. The molecule has 0 unspecified atom stereocenters. The molecule has 0 fully saturated rings. The minimum atomic E-state index is -0.0844. The first-order valence-electron chi connectivity index (χ1n) is 5.39. The predicted molar refractivity (Wildman–Crippen MR) is 63.8 cm³/mol. The zero-order valence-electron chi connectivity index (χ0n) is 9.40. The highest BCUT2D eigenvalue weighted by atomic mass is 16.2. The number of hydrogen-bond donors (Lipinski definition) is 1. The van der Waals surface area contributed by atoms with Gasteiger partial charge in [0.1, 0.15) is 6.61 Å². The van der Waals surface area contributed by atoms with Crippen LogP contribution in [-0.4, -0.2) is 11.7 Å². The van der Waals surface area contributed by atoms with Crippen LogP contribution in [0.1, 0.15) is 45.4 Å². The molecule has 0 saturated heterocycles. The van der Waals surface area contributed by atoms with Crippen molar-refractivity contribution in [1.29, 1.82) is 0 Å². The van der Waals surface area contributed by atoms with Crippen LogP contribution in [0.4, 0.5) is 0 Å². The van der Waals surface area contributed by atoms with E-state index in [1.54, 1.807) is 0 Å². The van der Waals surface area contributed by atoms with Crippen molar-refractivity contribution in [2.75, 3.05) is 6.61 Å². The molecule has 0 aromatic rings. The summed E-state index contributed by atoms with van der Waals surface area (Å²) in [5.74, 6) is 17.2. The normalized spacial score (nSPS) is 7.60. The fourth-order valence-electron chi connectivity index (χ4n) is 0.946. The molecule has 1 heteroatoms. The zero-order valence-corrected chi connectivity index (χ0v) is 9.40. The molecule has 0 atom stereocenters. The predicted octanol–water partition coefficient (Wildman–Crippen LogP) is 2.35. The van der Waals surface area contributed by atoms with E-state index in [-0.39, 0.29) is 6.61 Å². The van der Waals surface area contributed by atoms with Gasteiger partial charge in [0.15, 0.2) is 0 Å². The standard InChI is InChI=1S/C14H18O/c1-2-3-4-5-6-7-8-9-10-11-12-13-14-15/h15H,2-5,8,11,14H2,1H3. The highest BCUT2D eigenvalue weighted by Gasteiger charge is 1.79. The second kappa shape index (κ2) is 12.6. The van der Waals surface area contributed by atoms with Gasteiger partial charge in [-0.25, -0.2) is 0 Å². The van der Waals surface area contributed by atoms with Crippen LogP contribution >= 0.6 is 0 Å². The van der Waals surface area contributed by atoms with E-state index in [0.717, 1.165) is 6.42 Å². The van der Waals surface area contributed by atoms with Gasteiger partial charge in [-0.2, -0.15) is 0 Å². The van der Waals surface area contributed by atoms with E-state index in [2.05, 4.69) is 42.4 Å². The average Bonchev–Trinajstić information content (AvgIpc) is 2.26. The molecule has 1 N–H and O–H groups in total. The lowest BCUT2D eigenvalue weighted by molar-refractivity contribution is 0.350. The van der Waals surface area contributed by atoms with Crippen LogP contribution < -0.4 is 0 Å². The van der Waals surface area contributed by atoms with Gasteiger partial charge in [0, 0.05) is 6.42 Å². The lowest BCUT2D eigenvalue weighted by atomic mass is 10.2. The molecule has 80 valence electrons. The molecule has 0 rings (SSSR count). The quantitative estimate of drug-likeness (QED) is 0.550. The molecule has 0 aliphatic carbocycles. The van der Waals surface area contributed by atoms with Crippen molar-refractivity contribution in [2.24, 2.45) is 0 Å². The summed E-state index contributed by atoms with van der Waals surface area (Å²) in [4.78, 5) is 0. The third-order valence-electron chi connectivity index (χ3n) is 1.71. The van der Waals surface area contributed by atoms with Gasteiger partial charge >= 0.3 is 0 Å². The lowest BCUT2D eigenvalue weighted by Gasteiger charge is -1.87. The van der Waals surface area contributed by atoms with Crippen LogP contribution in [-0.2, 0) is 0 Å². The van der Waals surface area contributed by atoms with Crippen LogP contribution in [0.25, 0.3) is 0 Å². The van der Waals surface area contributed by atoms with Gasteiger partial charge in [-0.05, 0) is 6.42 Å². The number of rotatable bonds is 3. The van der Waals surface area contributed by atoms with Crippen molar-refractivity contribution >= 4 is 0 Å². The van der Waals surface area contributed by atoms with E-state index in [9.17, 15) is 0 Å². The highest BCUT2D eigenvalue weighted by Crippen LogP contribution is 1.96. The fraction of sp³-hybridized carbons (Fsp3) is 0.571. The SMILES string of the molecule is CCCCCC#CCC#CCC#CCO. The van der Waals surface area contributed by atoms with Gasteiger partial charge in [0.05, 0.1) is 12.8 Å². The molecule has 15 heavy (non-hydrogen) atoms. The van der Waals surface area contributed by atoms with Crippen LogP contribution in [0.15, 0.2) is 0 Å². The van der Waals surface area contributed by atoms with E-state index in [1.807, 2.05) is 0 Å². The Kier molecular flexibility index (Phi) is 11.5. The van der Waals surface area contributed by atoms with E-state index in [1.165, 1.54) is 19.3 Å². The van der Waals surface area contributed by atoms with Crippen LogP contribution in [0.3, 0.4) is 0 Å². The highest BCUT2D eigenvalue weighted by molar-refractivity contribution is 5.16. The van der Waals surface area contributed by atoms with Gasteiger partial charge in [0.25, 0.3) is 0 Å². The monoisotopic (exact) mass is 202 g/mol. The Hall–Kier alpha value is -1.36. The second-order valence-corrected chi connectivity index (χ2v) is 3.03. The van der Waals surface area contributed by atoms with Gasteiger partial charge in [-0.1, -0.05) is 49.4 Å². The molecular weight excluding hydrogens is 184 g/mol. The van der Waals surface area contributed by atoms with Crippen molar-refractivity contribution in [1.82, 2.24) is 0 Å². The summed E-state index contributed by atoms with van der Waals surface area (Å²) >= 11 is 0. The maximum atomic E-state index is 8.37. The Bertz CT molecular complexity index is 308. The summed E-state index contributed by atoms with van der Waals surface area (Å²) in [7, 11) is 0. The number of aliphatic hydroxyl groups is 1. The molecule has 1 nitrogen and oxygen atoms in total. The van der Waals surface area contributed by atoms with E-state index in [0.29, 0.717) is 12.8 Å². The number of hydrogen-bond acceptors (Lipinski definition) is 1. The van der Waals surface area contributed by atoms with Crippen molar-refractivity contribution in [2.45, 2.75) is 45.4 Å². The summed E-state index contributed by atoms with van der Waals surface area (Å²) in [5, 5.41) is 8.37. The molecule has 0 bridgehead atoms. The molecular formula is C14H18O. The summed E-state index contributed by atoms with van der Waals surface area (Å²) in [5.41, 5.74) is 0. The molecule has 0 aromatic heterocycles. The van der Waals surface area contributed by atoms with E-state index in [4.69, 9.17) is 5.11 Å². The first-order valence-corrected chi connectivity index (χ1v) is 5.39. The summed E-state index contributed by atoms with van der Waals surface area (Å²) in [6.07, 6.45) is 5.84. The number of unbranched alkanes of at least 4 members (excludes halogenated alkanes) is 3. The Morgan fingerprint density at radius 1 is 0.800 bits per heavy atom. The van der Waals surface area contributed by atoms with Crippen molar-refractivity contribution in [3.8, 4) is 35.5 Å². The van der Waals surface area contributed by atoms with Crippen molar-refractivity contribution < 1.29 is 5.11 Å². The average molecular weight is 202 g/mol. The van der Waals surface area contributed by atoms with Crippen LogP contribution in [0.5, 0.6) is 0 Å². The van der Waals surface area contributed by atoms with Gasteiger partial charge in [0.2, 0.25) is 0 Å². The van der Waals surface area contributed by atoms with E-state index >= 15 is 0 Å². The molecule has 0 amide bonds. The Balaban J connectivity index is 3.42. The first-order chi connectivity index (χ1) is 7.41. The number of aliphatic hydroxyl groups excluding tert-OH is 1. The molecule has 0 spiro atoms. The first kappa shape index (κ1) is 13.6. The Labute approximate surface area is 93.3 Å². The third-order valence-corrected chi connectivity index (χ3v) is 1.71. The van der Waals surface area contributed by atoms with Crippen molar-refractivity contribution in [3.63, 3.8) is 0 Å². The summed E-state index contributed by atoms with van der Waals surface area (Å²) < 4.78 is 0. The van der Waals surface area contributed by atoms with E-state index < -0.39 is 0 Å². The smallest absolute Gasteiger partial charge is 0.104 e. The molecule has 0 aromatic carbocycles. The molecule has 0 saturated carbocycles. The van der Waals surface area contributed by atoms with Gasteiger partial charge < -0.3 is 5.11 Å². The molecule has 0 heterocycles. The minimum Gasteiger partial charge on any atom is -0.384 e. The largest absolute Gasteiger partial charge is 0.384 e. The molecule has 0 radical (unpaired) electrons. The Morgan fingerprint density at radius 2 is 1.40 bits per heavy atom. The second-order valence-electron chi connectivity index (χ2n) is 3.03. The summed E-state index contributed by atoms with van der Waals surface area (Å²) in [6.45, 7) is 2.10. The Morgan fingerprint density at radius 3 is 2.00 bits per heavy atom.